The number of nitrogens with one attached hydrogen (secondary N) is 1. The molecule has 0 aromatic carbocycles. The van der Waals surface area contributed by atoms with Gasteiger partial charge in [-0.3, -0.25) is 0 Å². The molecule has 0 fully saturated rings. The summed E-state index contributed by atoms with van der Waals surface area (Å²) in [5, 5.41) is 4.49. The topological polar surface area (TPSA) is 34.2 Å². The first-order valence-electron chi connectivity index (χ1n) is 4.92. The van der Waals surface area contributed by atoms with E-state index in [1.165, 1.54) is 10.6 Å². The van der Waals surface area contributed by atoms with Gasteiger partial charge in [0.15, 0.2) is 0 Å². The third-order valence-electron chi connectivity index (χ3n) is 1.99. The zero-order valence-electron chi connectivity index (χ0n) is 9.09. The Balaban J connectivity index is 2.41. The quantitative estimate of drug-likeness (QED) is 0.733. The van der Waals surface area contributed by atoms with Gasteiger partial charge in [-0.25, -0.2) is 4.98 Å². The Bertz CT molecular complexity index is 273. The summed E-state index contributed by atoms with van der Waals surface area (Å²) >= 11 is 1.78. The van der Waals surface area contributed by atoms with Gasteiger partial charge in [0, 0.05) is 25.1 Å². The molecule has 0 radical (unpaired) electrons. The molecule has 0 aliphatic carbocycles. The van der Waals surface area contributed by atoms with Gasteiger partial charge in [0.1, 0.15) is 0 Å². The third kappa shape index (κ3) is 3.36. The molecule has 4 heteroatoms. The minimum atomic E-state index is 0.763. The fraction of sp³-hybridized carbons (Fsp3) is 0.700. The number of hydrogen-bond donors (Lipinski definition) is 1. The Morgan fingerprint density at radius 3 is 2.93 bits per heavy atom. The normalized spacial score (nSPS) is 10.8. The van der Waals surface area contributed by atoms with Crippen molar-refractivity contribution in [2.24, 2.45) is 0 Å². The number of thiazole rings is 1. The molecule has 1 heterocycles. The Morgan fingerprint density at radius 1 is 1.50 bits per heavy atom. The molecule has 80 valence electrons. The van der Waals surface area contributed by atoms with Gasteiger partial charge in [0.05, 0.1) is 17.3 Å². The lowest BCUT2D eigenvalue weighted by Crippen LogP contribution is -2.18. The molecule has 3 nitrogen and oxygen atoms in total. The van der Waals surface area contributed by atoms with E-state index >= 15 is 0 Å². The predicted octanol–water partition coefficient (Wildman–Crippen LogP) is 1.75. The van der Waals surface area contributed by atoms with Crippen molar-refractivity contribution in [3.8, 4) is 0 Å². The highest BCUT2D eigenvalue weighted by Crippen LogP contribution is 2.17. The summed E-state index contributed by atoms with van der Waals surface area (Å²) < 4.78 is 4.97. The maximum Gasteiger partial charge on any atom is 0.0900 e. The van der Waals surface area contributed by atoms with Crippen molar-refractivity contribution in [3.63, 3.8) is 0 Å². The zero-order valence-corrected chi connectivity index (χ0v) is 9.91. The van der Waals surface area contributed by atoms with Crippen LogP contribution in [0.25, 0.3) is 0 Å². The van der Waals surface area contributed by atoms with E-state index in [0.717, 1.165) is 31.1 Å². The molecule has 0 unspecified atom stereocenters. The van der Waals surface area contributed by atoms with Crippen molar-refractivity contribution in [3.05, 3.63) is 15.6 Å². The van der Waals surface area contributed by atoms with Crippen LogP contribution in [0.5, 0.6) is 0 Å². The number of methoxy groups -OCH3 is 1. The highest BCUT2D eigenvalue weighted by Gasteiger charge is 2.05. The summed E-state index contributed by atoms with van der Waals surface area (Å²) in [6.45, 7) is 6.78. The Hall–Kier alpha value is -0.450. The second kappa shape index (κ2) is 6.11. The molecule has 0 saturated carbocycles. The van der Waals surface area contributed by atoms with Crippen LogP contribution in [0.1, 0.15) is 22.5 Å². The minimum Gasteiger partial charge on any atom is -0.383 e. The average Bonchev–Trinajstić information content (AvgIpc) is 2.54. The molecular formula is C10H18N2OS. The van der Waals surface area contributed by atoms with E-state index in [1.807, 2.05) is 0 Å². The maximum absolute atomic E-state index is 4.97. The van der Waals surface area contributed by atoms with Crippen molar-refractivity contribution in [2.45, 2.75) is 26.8 Å². The number of hydrogen-bond acceptors (Lipinski definition) is 4. The molecule has 1 aromatic rings. The average molecular weight is 214 g/mol. The van der Waals surface area contributed by atoms with Crippen LogP contribution >= 0.6 is 11.3 Å². The van der Waals surface area contributed by atoms with E-state index in [1.54, 1.807) is 18.4 Å². The summed E-state index contributed by atoms with van der Waals surface area (Å²) in [6.07, 6.45) is 1.02. The molecule has 0 amide bonds. The van der Waals surface area contributed by atoms with Crippen LogP contribution in [-0.4, -0.2) is 25.2 Å². The molecule has 0 saturated heterocycles. The SMILES string of the molecule is CCc1nc(C)sc1CNCCOC. The van der Waals surface area contributed by atoms with Gasteiger partial charge in [-0.05, 0) is 13.3 Å². The van der Waals surface area contributed by atoms with E-state index in [2.05, 4.69) is 24.1 Å². The molecule has 1 aromatic heterocycles. The molecule has 1 rings (SSSR count). The second-order valence-corrected chi connectivity index (χ2v) is 4.41. The summed E-state index contributed by atoms with van der Waals surface area (Å²) in [6, 6.07) is 0. The Morgan fingerprint density at radius 2 is 2.29 bits per heavy atom. The van der Waals surface area contributed by atoms with Crippen LogP contribution in [0.2, 0.25) is 0 Å². The van der Waals surface area contributed by atoms with E-state index in [0.29, 0.717) is 0 Å². The molecule has 0 spiro atoms. The van der Waals surface area contributed by atoms with Crippen LogP contribution in [0.3, 0.4) is 0 Å². The van der Waals surface area contributed by atoms with Gasteiger partial charge in [0.25, 0.3) is 0 Å². The summed E-state index contributed by atoms with van der Waals surface area (Å²) in [5.41, 5.74) is 1.23. The van der Waals surface area contributed by atoms with Crippen LogP contribution in [0, 0.1) is 6.92 Å². The number of aromatic nitrogens is 1. The smallest absolute Gasteiger partial charge is 0.0900 e. The van der Waals surface area contributed by atoms with Crippen molar-refractivity contribution in [1.29, 1.82) is 0 Å². The van der Waals surface area contributed by atoms with Crippen molar-refractivity contribution >= 4 is 11.3 Å². The lowest BCUT2D eigenvalue weighted by molar-refractivity contribution is 0.199. The lowest BCUT2D eigenvalue weighted by atomic mass is 10.3. The van der Waals surface area contributed by atoms with Crippen LogP contribution in [0.4, 0.5) is 0 Å². The molecule has 0 aliphatic rings. The monoisotopic (exact) mass is 214 g/mol. The maximum atomic E-state index is 4.97. The van der Waals surface area contributed by atoms with E-state index in [4.69, 9.17) is 4.74 Å². The number of nitrogens with zero attached hydrogens (tertiary/aromatic N) is 1. The van der Waals surface area contributed by atoms with E-state index in [9.17, 15) is 0 Å². The summed E-state index contributed by atoms with van der Waals surface area (Å²) in [5.74, 6) is 0. The predicted molar refractivity (Wildman–Crippen MR) is 59.8 cm³/mol. The first-order valence-corrected chi connectivity index (χ1v) is 5.74. The summed E-state index contributed by atoms with van der Waals surface area (Å²) in [4.78, 5) is 5.84. The molecule has 0 aliphatic heterocycles. The highest BCUT2D eigenvalue weighted by molar-refractivity contribution is 7.11. The molecule has 0 bridgehead atoms. The van der Waals surface area contributed by atoms with Gasteiger partial charge < -0.3 is 10.1 Å². The van der Waals surface area contributed by atoms with E-state index < -0.39 is 0 Å². The summed E-state index contributed by atoms with van der Waals surface area (Å²) in [7, 11) is 1.72. The van der Waals surface area contributed by atoms with Crippen LogP contribution in [-0.2, 0) is 17.7 Å². The van der Waals surface area contributed by atoms with Crippen molar-refractivity contribution in [1.82, 2.24) is 10.3 Å². The van der Waals surface area contributed by atoms with E-state index in [-0.39, 0.29) is 0 Å². The number of aryl methyl sites for hydroxylation is 2. The molecule has 0 atom stereocenters. The van der Waals surface area contributed by atoms with Crippen molar-refractivity contribution in [2.75, 3.05) is 20.3 Å². The van der Waals surface area contributed by atoms with Gasteiger partial charge in [-0.15, -0.1) is 11.3 Å². The minimum absolute atomic E-state index is 0.763. The van der Waals surface area contributed by atoms with Crippen LogP contribution in [0.15, 0.2) is 0 Å². The first kappa shape index (κ1) is 11.6. The first-order chi connectivity index (χ1) is 6.77. The second-order valence-electron chi connectivity index (χ2n) is 3.13. The van der Waals surface area contributed by atoms with Crippen LogP contribution < -0.4 is 5.32 Å². The third-order valence-corrected chi connectivity index (χ3v) is 3.00. The number of ether oxygens (including phenoxy) is 1. The number of rotatable bonds is 6. The lowest BCUT2D eigenvalue weighted by Gasteiger charge is -2.02. The van der Waals surface area contributed by atoms with Gasteiger partial charge >= 0.3 is 0 Å². The fourth-order valence-electron chi connectivity index (χ4n) is 1.30. The highest BCUT2D eigenvalue weighted by atomic mass is 32.1. The fourth-order valence-corrected chi connectivity index (χ4v) is 2.30. The Labute approximate surface area is 89.5 Å². The van der Waals surface area contributed by atoms with Crippen molar-refractivity contribution < 1.29 is 4.74 Å². The zero-order chi connectivity index (χ0) is 10.4. The van der Waals surface area contributed by atoms with Gasteiger partial charge in [-0.2, -0.15) is 0 Å². The largest absolute Gasteiger partial charge is 0.383 e. The Kier molecular flexibility index (Phi) is 5.07. The molecule has 14 heavy (non-hydrogen) atoms. The standard InChI is InChI=1S/C10H18N2OS/c1-4-9-10(14-8(2)12-9)7-11-5-6-13-3/h11H,4-7H2,1-3H3. The van der Waals surface area contributed by atoms with Gasteiger partial charge in [-0.1, -0.05) is 6.92 Å². The molecular weight excluding hydrogens is 196 g/mol. The molecule has 1 N–H and O–H groups in total. The van der Waals surface area contributed by atoms with Gasteiger partial charge in [0.2, 0.25) is 0 Å².